The van der Waals surface area contributed by atoms with Crippen LogP contribution in [0.1, 0.15) is 17.3 Å². The van der Waals surface area contributed by atoms with Gasteiger partial charge in [0.05, 0.1) is 5.56 Å². The van der Waals surface area contributed by atoms with E-state index >= 15 is 0 Å². The van der Waals surface area contributed by atoms with Crippen molar-refractivity contribution < 1.29 is 4.79 Å². The summed E-state index contributed by atoms with van der Waals surface area (Å²) in [6.45, 7) is 4.31. The van der Waals surface area contributed by atoms with Crippen molar-refractivity contribution in [2.75, 3.05) is 38.6 Å². The van der Waals surface area contributed by atoms with Crippen LogP contribution in [-0.4, -0.2) is 44.6 Å². The number of anilines is 1. The van der Waals surface area contributed by atoms with Gasteiger partial charge in [0.25, 0.3) is 5.91 Å². The number of carbonyl (C=O) groups is 1. The van der Waals surface area contributed by atoms with Crippen LogP contribution in [0, 0.1) is 0 Å². The number of aromatic nitrogens is 1. The summed E-state index contributed by atoms with van der Waals surface area (Å²) in [5.74, 6) is -0.0952. The molecule has 2 aromatic rings. The molecule has 0 aliphatic heterocycles. The van der Waals surface area contributed by atoms with Crippen LogP contribution in [0.2, 0.25) is 0 Å². The number of amides is 1. The van der Waals surface area contributed by atoms with E-state index in [1.54, 1.807) is 12.4 Å². The van der Waals surface area contributed by atoms with Crippen molar-refractivity contribution in [3.8, 4) is 11.1 Å². The second kappa shape index (κ2) is 8.29. The lowest BCUT2D eigenvalue weighted by molar-refractivity contribution is 0.0953. The molecule has 0 atom stereocenters. The number of rotatable bonds is 7. The number of carbonyl (C=O) groups excluding carboxylic acids is 1. The van der Waals surface area contributed by atoms with Crippen LogP contribution in [0.5, 0.6) is 0 Å². The first kappa shape index (κ1) is 17.0. The first-order valence-corrected chi connectivity index (χ1v) is 7.83. The second-order valence-corrected chi connectivity index (χ2v) is 5.51. The van der Waals surface area contributed by atoms with Crippen molar-refractivity contribution in [1.82, 2.24) is 15.6 Å². The Hall–Kier alpha value is -2.40. The zero-order valence-electron chi connectivity index (χ0n) is 14.0. The predicted octanol–water partition coefficient (Wildman–Crippen LogP) is 2.15. The van der Waals surface area contributed by atoms with Crippen molar-refractivity contribution in [3.63, 3.8) is 0 Å². The maximum Gasteiger partial charge on any atom is 0.252 e. The van der Waals surface area contributed by atoms with Gasteiger partial charge >= 0.3 is 0 Å². The van der Waals surface area contributed by atoms with E-state index in [2.05, 4.69) is 32.7 Å². The average Bonchev–Trinajstić information content (AvgIpc) is 2.59. The van der Waals surface area contributed by atoms with E-state index in [0.29, 0.717) is 12.1 Å². The van der Waals surface area contributed by atoms with Crippen molar-refractivity contribution in [2.45, 2.75) is 6.92 Å². The highest BCUT2D eigenvalue weighted by molar-refractivity contribution is 5.95. The second-order valence-electron chi connectivity index (χ2n) is 5.51. The Morgan fingerprint density at radius 3 is 2.48 bits per heavy atom. The fourth-order valence-electron chi connectivity index (χ4n) is 2.22. The molecule has 0 saturated carbocycles. The Bertz CT molecular complexity index is 638. The number of benzene rings is 1. The molecule has 1 aromatic carbocycles. The zero-order valence-corrected chi connectivity index (χ0v) is 14.0. The van der Waals surface area contributed by atoms with E-state index in [1.165, 1.54) is 0 Å². The van der Waals surface area contributed by atoms with Gasteiger partial charge in [-0.1, -0.05) is 19.1 Å². The van der Waals surface area contributed by atoms with Crippen LogP contribution in [0.4, 0.5) is 5.69 Å². The molecule has 0 bridgehead atoms. The van der Waals surface area contributed by atoms with Gasteiger partial charge in [-0.15, -0.1) is 0 Å². The lowest BCUT2D eigenvalue weighted by Gasteiger charge is -2.13. The zero-order chi connectivity index (χ0) is 16.7. The molecule has 5 nitrogen and oxygen atoms in total. The first-order valence-electron chi connectivity index (χ1n) is 7.83. The molecule has 0 aliphatic carbocycles. The molecule has 1 aromatic heterocycles. The van der Waals surface area contributed by atoms with E-state index in [4.69, 9.17) is 0 Å². The Morgan fingerprint density at radius 2 is 1.83 bits per heavy atom. The quantitative estimate of drug-likeness (QED) is 0.769. The first-order chi connectivity index (χ1) is 11.1. The summed E-state index contributed by atoms with van der Waals surface area (Å²) in [5, 5.41) is 6.06. The van der Waals surface area contributed by atoms with Crippen LogP contribution in [0.3, 0.4) is 0 Å². The van der Waals surface area contributed by atoms with Gasteiger partial charge in [0.2, 0.25) is 0 Å². The summed E-state index contributed by atoms with van der Waals surface area (Å²) < 4.78 is 0. The molecule has 0 radical (unpaired) electrons. The molecule has 0 spiro atoms. The molecule has 0 fully saturated rings. The van der Waals surface area contributed by atoms with E-state index < -0.39 is 0 Å². The molecule has 0 unspecified atom stereocenters. The molecule has 0 aliphatic rings. The Kier molecular flexibility index (Phi) is 6.11. The van der Waals surface area contributed by atoms with Gasteiger partial charge in [0, 0.05) is 50.8 Å². The highest BCUT2D eigenvalue weighted by atomic mass is 16.1. The summed E-state index contributed by atoms with van der Waals surface area (Å²) in [6.07, 6.45) is 3.38. The fourth-order valence-corrected chi connectivity index (χ4v) is 2.22. The van der Waals surface area contributed by atoms with Gasteiger partial charge in [-0.05, 0) is 30.3 Å². The molecular weight excluding hydrogens is 288 g/mol. The van der Waals surface area contributed by atoms with Crippen LogP contribution in [-0.2, 0) is 0 Å². The highest BCUT2D eigenvalue weighted by Gasteiger charge is 2.07. The molecule has 23 heavy (non-hydrogen) atoms. The highest BCUT2D eigenvalue weighted by Crippen LogP contribution is 2.22. The maximum atomic E-state index is 12.1. The SMILES string of the molecule is CCNCCNC(=O)c1cncc(-c2ccc(N(C)C)cc2)c1. The molecular formula is C18H24N4O. The van der Waals surface area contributed by atoms with Gasteiger partial charge in [-0.2, -0.15) is 0 Å². The number of hydrogen-bond acceptors (Lipinski definition) is 4. The maximum absolute atomic E-state index is 12.1. The Balaban J connectivity index is 2.08. The van der Waals surface area contributed by atoms with Crippen molar-refractivity contribution in [1.29, 1.82) is 0 Å². The number of hydrogen-bond donors (Lipinski definition) is 2. The molecule has 1 amide bonds. The lowest BCUT2D eigenvalue weighted by atomic mass is 10.1. The summed E-state index contributed by atoms with van der Waals surface area (Å²) >= 11 is 0. The van der Waals surface area contributed by atoms with E-state index in [9.17, 15) is 4.79 Å². The van der Waals surface area contributed by atoms with Crippen LogP contribution < -0.4 is 15.5 Å². The normalized spacial score (nSPS) is 10.4. The van der Waals surface area contributed by atoms with Crippen molar-refractivity contribution in [3.05, 3.63) is 48.3 Å². The van der Waals surface area contributed by atoms with Crippen LogP contribution in [0.25, 0.3) is 11.1 Å². The van der Waals surface area contributed by atoms with Crippen molar-refractivity contribution in [2.24, 2.45) is 0 Å². The van der Waals surface area contributed by atoms with Crippen LogP contribution in [0.15, 0.2) is 42.7 Å². The number of nitrogens with zero attached hydrogens (tertiary/aromatic N) is 2. The van der Waals surface area contributed by atoms with E-state index in [1.807, 2.05) is 39.2 Å². The van der Waals surface area contributed by atoms with E-state index in [0.717, 1.165) is 29.9 Å². The van der Waals surface area contributed by atoms with Gasteiger partial charge in [0.15, 0.2) is 0 Å². The average molecular weight is 312 g/mol. The summed E-state index contributed by atoms with van der Waals surface area (Å²) in [6, 6.07) is 10.1. The molecule has 1 heterocycles. The van der Waals surface area contributed by atoms with Gasteiger partial charge in [-0.3, -0.25) is 9.78 Å². The number of nitrogens with one attached hydrogen (secondary N) is 2. The van der Waals surface area contributed by atoms with Gasteiger partial charge in [0.1, 0.15) is 0 Å². The summed E-state index contributed by atoms with van der Waals surface area (Å²) in [5.41, 5.74) is 3.70. The smallest absolute Gasteiger partial charge is 0.252 e. The third kappa shape index (κ3) is 4.79. The van der Waals surface area contributed by atoms with Crippen LogP contribution >= 0.6 is 0 Å². The summed E-state index contributed by atoms with van der Waals surface area (Å²) in [7, 11) is 4.02. The Morgan fingerprint density at radius 1 is 1.09 bits per heavy atom. The Labute approximate surface area is 137 Å². The predicted molar refractivity (Wildman–Crippen MR) is 94.9 cm³/mol. The van der Waals surface area contributed by atoms with E-state index in [-0.39, 0.29) is 5.91 Å². The monoisotopic (exact) mass is 312 g/mol. The van der Waals surface area contributed by atoms with Crippen molar-refractivity contribution >= 4 is 11.6 Å². The standard InChI is InChI=1S/C18H24N4O/c1-4-19-9-10-21-18(23)16-11-15(12-20-13-16)14-5-7-17(8-6-14)22(2)3/h5-8,11-13,19H,4,9-10H2,1-3H3,(H,21,23). The minimum Gasteiger partial charge on any atom is -0.378 e. The molecule has 2 rings (SSSR count). The fraction of sp³-hybridized carbons (Fsp3) is 0.333. The molecule has 2 N–H and O–H groups in total. The lowest BCUT2D eigenvalue weighted by Crippen LogP contribution is -2.31. The topological polar surface area (TPSA) is 57.3 Å². The number of likely N-dealkylation sites (N-methyl/N-ethyl adjacent to an activating group) is 1. The summed E-state index contributed by atoms with van der Waals surface area (Å²) in [4.78, 5) is 18.4. The molecule has 122 valence electrons. The van der Waals surface area contributed by atoms with Gasteiger partial charge < -0.3 is 15.5 Å². The van der Waals surface area contributed by atoms with Gasteiger partial charge in [-0.25, -0.2) is 0 Å². The minimum atomic E-state index is -0.0952. The third-order valence-electron chi connectivity index (χ3n) is 3.55. The largest absolute Gasteiger partial charge is 0.378 e. The third-order valence-corrected chi connectivity index (χ3v) is 3.55. The molecule has 0 saturated heterocycles. The minimum absolute atomic E-state index is 0.0952. The molecule has 5 heteroatoms. The number of pyridine rings is 1.